The van der Waals surface area contributed by atoms with Crippen molar-refractivity contribution in [2.75, 3.05) is 5.73 Å². The number of carboxylic acid groups (broad SMARTS) is 1. The number of benzene rings is 2. The summed E-state index contributed by atoms with van der Waals surface area (Å²) in [6.45, 7) is 1.86. The number of nitrogen functional groups attached to an aromatic ring is 1. The van der Waals surface area contributed by atoms with Crippen molar-refractivity contribution in [1.29, 1.82) is 0 Å². The van der Waals surface area contributed by atoms with Crippen molar-refractivity contribution >= 4 is 11.7 Å². The fourth-order valence-corrected chi connectivity index (χ4v) is 2.47. The van der Waals surface area contributed by atoms with Gasteiger partial charge in [0.15, 0.2) is 5.69 Å². The maximum absolute atomic E-state index is 11.6. The van der Waals surface area contributed by atoms with Gasteiger partial charge in [0.2, 0.25) is 0 Å². The van der Waals surface area contributed by atoms with Crippen LogP contribution in [0.4, 0.5) is 5.69 Å². The molecule has 110 valence electrons. The van der Waals surface area contributed by atoms with E-state index in [1.165, 1.54) is 0 Å². The highest BCUT2D eigenvalue weighted by Gasteiger charge is 2.21. The summed E-state index contributed by atoms with van der Waals surface area (Å²) in [5, 5.41) is 13.7. The van der Waals surface area contributed by atoms with Gasteiger partial charge in [-0.15, -0.1) is 0 Å². The van der Waals surface area contributed by atoms with Gasteiger partial charge < -0.3 is 10.8 Å². The first-order valence-electron chi connectivity index (χ1n) is 6.82. The number of hydrogen-bond acceptors (Lipinski definition) is 3. The zero-order valence-electron chi connectivity index (χ0n) is 12.0. The van der Waals surface area contributed by atoms with E-state index >= 15 is 0 Å². The monoisotopic (exact) mass is 293 g/mol. The Morgan fingerprint density at radius 1 is 1.09 bits per heavy atom. The first-order chi connectivity index (χ1) is 10.6. The Balaban J connectivity index is 2.22. The fourth-order valence-electron chi connectivity index (χ4n) is 2.47. The molecule has 3 rings (SSSR count). The molecule has 0 atom stereocenters. The zero-order chi connectivity index (χ0) is 15.7. The topological polar surface area (TPSA) is 81.1 Å². The summed E-state index contributed by atoms with van der Waals surface area (Å²) in [5.74, 6) is -1.05. The van der Waals surface area contributed by atoms with Gasteiger partial charge in [-0.05, 0) is 36.8 Å². The summed E-state index contributed by atoms with van der Waals surface area (Å²) in [6.07, 6.45) is 0. The van der Waals surface area contributed by atoms with Crippen molar-refractivity contribution in [2.45, 2.75) is 6.92 Å². The van der Waals surface area contributed by atoms with Crippen LogP contribution in [0.25, 0.3) is 16.8 Å². The van der Waals surface area contributed by atoms with E-state index in [0.717, 1.165) is 16.9 Å². The average molecular weight is 293 g/mol. The van der Waals surface area contributed by atoms with Gasteiger partial charge in [0, 0.05) is 16.9 Å². The summed E-state index contributed by atoms with van der Waals surface area (Å²) in [4.78, 5) is 11.6. The quantitative estimate of drug-likeness (QED) is 0.727. The molecule has 0 bridgehead atoms. The zero-order valence-corrected chi connectivity index (χ0v) is 12.0. The van der Waals surface area contributed by atoms with Gasteiger partial charge in [0.05, 0.1) is 5.69 Å². The predicted molar refractivity (Wildman–Crippen MR) is 85.1 cm³/mol. The number of carbonyl (C=O) groups is 1. The van der Waals surface area contributed by atoms with Crippen LogP contribution >= 0.6 is 0 Å². The van der Waals surface area contributed by atoms with Crippen LogP contribution in [-0.4, -0.2) is 20.9 Å². The highest BCUT2D eigenvalue weighted by molar-refractivity contribution is 5.95. The van der Waals surface area contributed by atoms with Crippen LogP contribution in [0.15, 0.2) is 54.6 Å². The van der Waals surface area contributed by atoms with Crippen LogP contribution in [0.3, 0.4) is 0 Å². The lowest BCUT2D eigenvalue weighted by atomic mass is 10.0. The molecule has 3 N–H and O–H groups in total. The number of aromatic carboxylic acids is 1. The van der Waals surface area contributed by atoms with E-state index in [9.17, 15) is 9.90 Å². The second-order valence-corrected chi connectivity index (χ2v) is 4.98. The molecular weight excluding hydrogens is 278 g/mol. The molecule has 0 aliphatic heterocycles. The number of anilines is 1. The lowest BCUT2D eigenvalue weighted by Crippen LogP contribution is -2.02. The first kappa shape index (κ1) is 13.9. The molecule has 1 heterocycles. The normalized spacial score (nSPS) is 10.6. The van der Waals surface area contributed by atoms with Gasteiger partial charge in [-0.25, -0.2) is 9.48 Å². The van der Waals surface area contributed by atoms with E-state index in [1.54, 1.807) is 16.8 Å². The van der Waals surface area contributed by atoms with Crippen LogP contribution in [-0.2, 0) is 0 Å². The maximum atomic E-state index is 11.6. The van der Waals surface area contributed by atoms with Gasteiger partial charge in [0.1, 0.15) is 0 Å². The molecular formula is C17H15N3O2. The molecule has 5 heteroatoms. The van der Waals surface area contributed by atoms with Crippen molar-refractivity contribution in [3.05, 3.63) is 66.0 Å². The molecule has 0 unspecified atom stereocenters. The Hall–Kier alpha value is -3.08. The minimum absolute atomic E-state index is 0.0422. The van der Waals surface area contributed by atoms with Gasteiger partial charge >= 0.3 is 5.97 Å². The van der Waals surface area contributed by atoms with Crippen LogP contribution in [0.2, 0.25) is 0 Å². The lowest BCUT2D eigenvalue weighted by Gasteiger charge is -2.06. The summed E-state index contributed by atoms with van der Waals surface area (Å²) in [7, 11) is 0. The molecule has 0 spiro atoms. The number of rotatable bonds is 3. The van der Waals surface area contributed by atoms with E-state index in [1.807, 2.05) is 49.4 Å². The van der Waals surface area contributed by atoms with Crippen LogP contribution in [0.1, 0.15) is 16.2 Å². The molecule has 5 nitrogen and oxygen atoms in total. The van der Waals surface area contributed by atoms with Gasteiger partial charge in [-0.3, -0.25) is 0 Å². The molecule has 0 amide bonds. The van der Waals surface area contributed by atoms with E-state index in [4.69, 9.17) is 5.73 Å². The van der Waals surface area contributed by atoms with Crippen LogP contribution in [0, 0.1) is 6.92 Å². The number of hydrogen-bond donors (Lipinski definition) is 2. The molecule has 0 aliphatic rings. The van der Waals surface area contributed by atoms with Crippen LogP contribution < -0.4 is 5.73 Å². The molecule has 3 aromatic rings. The molecule has 0 radical (unpaired) electrons. The van der Waals surface area contributed by atoms with Crippen molar-refractivity contribution in [3.8, 4) is 16.8 Å². The Morgan fingerprint density at radius 3 is 2.32 bits per heavy atom. The fraction of sp³-hybridized carbons (Fsp3) is 0.0588. The summed E-state index contributed by atoms with van der Waals surface area (Å²) in [6, 6.07) is 16.6. The summed E-state index contributed by atoms with van der Waals surface area (Å²) >= 11 is 0. The largest absolute Gasteiger partial charge is 0.476 e. The van der Waals surface area contributed by atoms with Gasteiger partial charge in [-0.2, -0.15) is 5.10 Å². The van der Waals surface area contributed by atoms with E-state index < -0.39 is 5.97 Å². The second kappa shape index (κ2) is 5.37. The molecule has 0 saturated carbocycles. The third-order valence-electron chi connectivity index (χ3n) is 3.52. The smallest absolute Gasteiger partial charge is 0.357 e. The van der Waals surface area contributed by atoms with E-state index in [-0.39, 0.29) is 5.69 Å². The number of carboxylic acids is 1. The minimum Gasteiger partial charge on any atom is -0.476 e. The highest BCUT2D eigenvalue weighted by atomic mass is 16.4. The molecule has 1 aromatic heterocycles. The third kappa shape index (κ3) is 2.33. The third-order valence-corrected chi connectivity index (χ3v) is 3.52. The maximum Gasteiger partial charge on any atom is 0.357 e. The van der Waals surface area contributed by atoms with Crippen molar-refractivity contribution in [2.24, 2.45) is 0 Å². The van der Waals surface area contributed by atoms with Crippen molar-refractivity contribution < 1.29 is 9.90 Å². The Bertz CT molecular complexity index is 821. The van der Waals surface area contributed by atoms with Crippen LogP contribution in [0.5, 0.6) is 0 Å². The summed E-state index contributed by atoms with van der Waals surface area (Å²) in [5.41, 5.74) is 9.39. The van der Waals surface area contributed by atoms with E-state index in [2.05, 4.69) is 5.10 Å². The Labute approximate surface area is 127 Å². The second-order valence-electron chi connectivity index (χ2n) is 4.98. The highest BCUT2D eigenvalue weighted by Crippen LogP contribution is 2.29. The molecule has 0 fully saturated rings. The number of nitrogens with zero attached hydrogens (tertiary/aromatic N) is 2. The lowest BCUT2D eigenvalue weighted by molar-refractivity contribution is 0.0691. The molecule has 2 aromatic carbocycles. The van der Waals surface area contributed by atoms with Crippen molar-refractivity contribution in [1.82, 2.24) is 9.78 Å². The first-order valence-corrected chi connectivity index (χ1v) is 6.82. The summed E-state index contributed by atoms with van der Waals surface area (Å²) < 4.78 is 1.63. The minimum atomic E-state index is -1.05. The SMILES string of the molecule is Cc1c(-c2ccccc2)c(C(=O)O)nn1-c1ccc(N)cc1. The predicted octanol–water partition coefficient (Wildman–Crippen LogP) is 3.13. The van der Waals surface area contributed by atoms with E-state index in [0.29, 0.717) is 11.3 Å². The number of aromatic nitrogens is 2. The van der Waals surface area contributed by atoms with Gasteiger partial charge in [-0.1, -0.05) is 30.3 Å². The Morgan fingerprint density at radius 2 is 1.73 bits per heavy atom. The number of nitrogens with two attached hydrogens (primary N) is 1. The average Bonchev–Trinajstić information content (AvgIpc) is 2.87. The molecule has 0 saturated heterocycles. The molecule has 0 aliphatic carbocycles. The van der Waals surface area contributed by atoms with Crippen molar-refractivity contribution in [3.63, 3.8) is 0 Å². The molecule has 22 heavy (non-hydrogen) atoms. The van der Waals surface area contributed by atoms with Gasteiger partial charge in [0.25, 0.3) is 0 Å². The Kier molecular flexibility index (Phi) is 3.39. The standard InChI is InChI=1S/C17H15N3O2/c1-11-15(12-5-3-2-4-6-12)16(17(21)22)19-20(11)14-9-7-13(18)8-10-14/h2-10H,18H2,1H3,(H,21,22).